The van der Waals surface area contributed by atoms with Gasteiger partial charge in [-0.1, -0.05) is 0 Å². The number of aliphatic carboxylic acids is 1. The van der Waals surface area contributed by atoms with Crippen LogP contribution < -0.4 is 0 Å². The Balaban J connectivity index is -0.000000720. The second-order valence-electron chi connectivity index (χ2n) is 2.31. The molecule has 6 nitrogen and oxygen atoms in total. The molecule has 0 heterocycles. The van der Waals surface area contributed by atoms with Crippen LogP contribution in [-0.4, -0.2) is 102 Å². The molecule has 0 radical (unpaired) electrons. The van der Waals surface area contributed by atoms with Gasteiger partial charge >= 0.3 is 65.1 Å². The summed E-state index contributed by atoms with van der Waals surface area (Å²) in [6, 6.07) is 0. The predicted octanol–water partition coefficient (Wildman–Crippen LogP) is -2.11. The third-order valence-corrected chi connectivity index (χ3v) is 2.55. The Kier molecular flexibility index (Phi) is 15.1. The Morgan fingerprint density at radius 1 is 1.40 bits per heavy atom. The van der Waals surface area contributed by atoms with E-state index >= 15 is 0 Å². The second-order valence-corrected chi connectivity index (χ2v) is 4.07. The zero-order chi connectivity index (χ0) is 10.5. The van der Waals surface area contributed by atoms with Crippen LogP contribution in [0, 0.1) is 0 Å². The Labute approximate surface area is 133 Å². The summed E-state index contributed by atoms with van der Waals surface area (Å²) >= 11 is 0. The summed E-state index contributed by atoms with van der Waals surface area (Å²) in [5, 5.41) is 17.0. The van der Waals surface area contributed by atoms with Crippen LogP contribution in [0.15, 0.2) is 0 Å². The van der Waals surface area contributed by atoms with Crippen LogP contribution in [0.5, 0.6) is 0 Å². The Morgan fingerprint density at radius 2 is 1.87 bits per heavy atom. The second kappa shape index (κ2) is 10.5. The molecule has 1 atom stereocenters. The van der Waals surface area contributed by atoms with Crippen LogP contribution in [-0.2, 0) is 19.1 Å². The summed E-state index contributed by atoms with van der Waals surface area (Å²) in [7, 11) is -3.68. The van der Waals surface area contributed by atoms with Gasteiger partial charge in [-0.25, -0.2) is 4.79 Å². The first-order valence-corrected chi connectivity index (χ1v) is 5.24. The number of aliphatic hydroxyl groups is 1. The van der Waals surface area contributed by atoms with Gasteiger partial charge in [-0.15, -0.1) is 0 Å². The molecule has 0 aliphatic carbocycles. The van der Waals surface area contributed by atoms with Crippen LogP contribution in [0.2, 0.25) is 0 Å². The summed E-state index contributed by atoms with van der Waals surface area (Å²) in [5.41, 5.74) is 0. The van der Waals surface area contributed by atoms with Crippen molar-refractivity contribution >= 4 is 75.2 Å². The van der Waals surface area contributed by atoms with E-state index in [4.69, 9.17) is 10.2 Å². The summed E-state index contributed by atoms with van der Waals surface area (Å²) < 4.78 is 26.0. The molecule has 0 rings (SSSR count). The van der Waals surface area contributed by atoms with Gasteiger partial charge in [-0.05, 0) is 6.92 Å². The van der Waals surface area contributed by atoms with Crippen LogP contribution in [0.4, 0.5) is 0 Å². The van der Waals surface area contributed by atoms with Crippen molar-refractivity contribution < 1.29 is 27.6 Å². The number of aliphatic hydroxyl groups excluding tert-OH is 1. The predicted molar refractivity (Wildman–Crippen MR) is 58.0 cm³/mol. The number of carboxylic acids is 1. The molecule has 0 amide bonds. The molecule has 0 aromatic carbocycles. The monoisotopic (exact) mass is 260 g/mol. The van der Waals surface area contributed by atoms with Gasteiger partial charge < -0.3 is 10.2 Å². The number of carbonyl (C=O) groups is 1. The van der Waals surface area contributed by atoms with Gasteiger partial charge in [0.15, 0.2) is 6.10 Å². The summed E-state index contributed by atoms with van der Waals surface area (Å²) in [5.74, 6) is -1.93. The topological polar surface area (TPSA) is 101 Å². The maximum absolute atomic E-state index is 10.8. The summed E-state index contributed by atoms with van der Waals surface area (Å²) in [6.07, 6.45) is -2.02. The molecule has 0 aliphatic rings. The SMILES string of the molecule is CCOS(=O)(=O)CCC(O)C(=O)O.[NaH].[NaH]. The molecule has 0 fully saturated rings. The normalized spacial score (nSPS) is 12.1. The first-order chi connectivity index (χ1) is 5.89. The van der Waals surface area contributed by atoms with E-state index in [1.807, 2.05) is 0 Å². The molecule has 15 heavy (non-hydrogen) atoms. The van der Waals surface area contributed by atoms with Crippen molar-refractivity contribution in [2.75, 3.05) is 12.4 Å². The minimum atomic E-state index is -3.68. The molecule has 0 bridgehead atoms. The van der Waals surface area contributed by atoms with E-state index in [2.05, 4.69) is 4.18 Å². The van der Waals surface area contributed by atoms with E-state index in [0.717, 1.165) is 0 Å². The van der Waals surface area contributed by atoms with Crippen molar-refractivity contribution in [3.8, 4) is 0 Å². The molecule has 0 saturated carbocycles. The van der Waals surface area contributed by atoms with Crippen molar-refractivity contribution in [1.29, 1.82) is 0 Å². The van der Waals surface area contributed by atoms with E-state index in [1.54, 1.807) is 0 Å². The fraction of sp³-hybridized carbons (Fsp3) is 0.833. The van der Waals surface area contributed by atoms with Crippen molar-refractivity contribution in [3.05, 3.63) is 0 Å². The molecule has 0 aromatic heterocycles. The zero-order valence-corrected chi connectivity index (χ0v) is 7.95. The van der Waals surface area contributed by atoms with Crippen LogP contribution in [0.3, 0.4) is 0 Å². The van der Waals surface area contributed by atoms with Gasteiger partial charge in [0.05, 0.1) is 12.4 Å². The molecular weight excluding hydrogens is 246 g/mol. The van der Waals surface area contributed by atoms with Crippen molar-refractivity contribution in [2.24, 2.45) is 0 Å². The van der Waals surface area contributed by atoms with Gasteiger partial charge in [-0.3, -0.25) is 4.18 Å². The van der Waals surface area contributed by atoms with Gasteiger partial charge in [0.25, 0.3) is 10.1 Å². The average molecular weight is 260 g/mol. The quantitative estimate of drug-likeness (QED) is 0.419. The number of rotatable bonds is 6. The zero-order valence-electron chi connectivity index (χ0n) is 7.13. The molecule has 0 spiro atoms. The van der Waals surface area contributed by atoms with Gasteiger partial charge in [0, 0.05) is 6.42 Å². The summed E-state index contributed by atoms with van der Waals surface area (Å²) in [4.78, 5) is 10.1. The maximum atomic E-state index is 10.8. The van der Waals surface area contributed by atoms with Gasteiger partial charge in [-0.2, -0.15) is 8.42 Å². The van der Waals surface area contributed by atoms with Crippen LogP contribution in [0.25, 0.3) is 0 Å². The van der Waals surface area contributed by atoms with E-state index < -0.39 is 27.9 Å². The Hall–Kier alpha value is 1.34. The van der Waals surface area contributed by atoms with Crippen LogP contribution in [0.1, 0.15) is 13.3 Å². The molecule has 9 heteroatoms. The fourth-order valence-electron chi connectivity index (χ4n) is 0.618. The first-order valence-electron chi connectivity index (χ1n) is 3.67. The molecule has 0 aliphatic heterocycles. The Bertz CT molecular complexity index is 265. The molecule has 0 saturated heterocycles. The Morgan fingerprint density at radius 3 is 2.20 bits per heavy atom. The molecular formula is C6H14Na2O6S. The van der Waals surface area contributed by atoms with E-state index in [-0.39, 0.29) is 72.1 Å². The van der Waals surface area contributed by atoms with Crippen molar-refractivity contribution in [3.63, 3.8) is 0 Å². The summed E-state index contributed by atoms with van der Waals surface area (Å²) in [6.45, 7) is 1.51. The standard InChI is InChI=1S/C6H12O6S.2Na.2H/c1-2-12-13(10,11)4-3-5(7)6(8)9;;;;/h5,7H,2-4H2,1H3,(H,8,9);;;;. The van der Waals surface area contributed by atoms with E-state index in [1.165, 1.54) is 6.92 Å². The van der Waals surface area contributed by atoms with Gasteiger partial charge in [0.2, 0.25) is 0 Å². The minimum absolute atomic E-state index is 0. The number of carboxylic acid groups (broad SMARTS) is 1. The fourth-order valence-corrected chi connectivity index (χ4v) is 1.61. The van der Waals surface area contributed by atoms with Crippen molar-refractivity contribution in [2.45, 2.75) is 19.4 Å². The molecule has 1 unspecified atom stereocenters. The number of hydrogen-bond acceptors (Lipinski definition) is 5. The van der Waals surface area contributed by atoms with Crippen molar-refractivity contribution in [1.82, 2.24) is 0 Å². The van der Waals surface area contributed by atoms with Crippen LogP contribution >= 0.6 is 0 Å². The third kappa shape index (κ3) is 11.6. The molecule has 2 N–H and O–H groups in total. The van der Waals surface area contributed by atoms with E-state index in [9.17, 15) is 13.2 Å². The third-order valence-electron chi connectivity index (χ3n) is 1.22. The number of hydrogen-bond donors (Lipinski definition) is 2. The van der Waals surface area contributed by atoms with Gasteiger partial charge in [0.1, 0.15) is 0 Å². The first kappa shape index (κ1) is 21.6. The molecule has 0 aromatic rings. The van der Waals surface area contributed by atoms with E-state index in [0.29, 0.717) is 0 Å². The average Bonchev–Trinajstić information content (AvgIpc) is 2.00. The molecule has 82 valence electrons.